The Morgan fingerprint density at radius 1 is 1.19 bits per heavy atom. The molecule has 3 heterocycles. The van der Waals surface area contributed by atoms with Crippen LogP contribution in [0.5, 0.6) is 0 Å². The van der Waals surface area contributed by atoms with Crippen LogP contribution in [0.4, 0.5) is 0 Å². The second kappa shape index (κ2) is 7.06. The number of nitrogens with one attached hydrogen (secondary N) is 2. The molecule has 4 rings (SSSR count). The van der Waals surface area contributed by atoms with Crippen LogP contribution in [0, 0.1) is 0 Å². The Bertz CT molecular complexity index is 952. The van der Waals surface area contributed by atoms with Gasteiger partial charge >= 0.3 is 0 Å². The molecule has 138 valence electrons. The lowest BCUT2D eigenvalue weighted by atomic mass is 10.2. The number of aromatic nitrogens is 4. The lowest BCUT2D eigenvalue weighted by molar-refractivity contribution is 0.0924. The second-order valence-electron chi connectivity index (χ2n) is 6.67. The third-order valence-electron chi connectivity index (χ3n) is 4.51. The molecule has 0 saturated heterocycles. The smallest absolute Gasteiger partial charge is 0.272 e. The Hall–Kier alpha value is -3.42. The predicted molar refractivity (Wildman–Crippen MR) is 98.0 cm³/mol. The van der Waals surface area contributed by atoms with E-state index in [2.05, 4.69) is 20.7 Å². The van der Waals surface area contributed by atoms with Gasteiger partial charge in [0.1, 0.15) is 11.4 Å². The van der Waals surface area contributed by atoms with E-state index in [0.29, 0.717) is 30.9 Å². The number of nitrogens with zero attached hydrogens (tertiary/aromatic N) is 4. The van der Waals surface area contributed by atoms with Gasteiger partial charge in [0.05, 0.1) is 18.9 Å². The summed E-state index contributed by atoms with van der Waals surface area (Å²) >= 11 is 0. The molecule has 2 amide bonds. The van der Waals surface area contributed by atoms with Gasteiger partial charge in [-0.25, -0.2) is 4.98 Å². The first kappa shape index (κ1) is 17.0. The fourth-order valence-corrected chi connectivity index (χ4v) is 3.17. The van der Waals surface area contributed by atoms with E-state index in [9.17, 15) is 9.59 Å². The Balaban J connectivity index is 1.33. The fraction of sp³-hybridized carbons (Fsp3) is 0.263. The molecule has 0 aliphatic carbocycles. The molecule has 3 aromatic rings. The average molecular weight is 364 g/mol. The zero-order valence-electron chi connectivity index (χ0n) is 14.9. The van der Waals surface area contributed by atoms with Crippen LogP contribution in [0.3, 0.4) is 0 Å². The zero-order chi connectivity index (χ0) is 18.8. The number of imidazole rings is 1. The van der Waals surface area contributed by atoms with E-state index in [-0.39, 0.29) is 17.9 Å². The van der Waals surface area contributed by atoms with Gasteiger partial charge in [-0.3, -0.25) is 14.3 Å². The van der Waals surface area contributed by atoms with E-state index in [4.69, 9.17) is 0 Å². The van der Waals surface area contributed by atoms with E-state index in [0.717, 1.165) is 11.3 Å². The van der Waals surface area contributed by atoms with E-state index in [1.807, 2.05) is 37.4 Å². The molecule has 0 spiro atoms. The minimum absolute atomic E-state index is 0.0524. The van der Waals surface area contributed by atoms with Gasteiger partial charge in [-0.05, 0) is 11.6 Å². The highest BCUT2D eigenvalue weighted by Crippen LogP contribution is 2.16. The molecule has 27 heavy (non-hydrogen) atoms. The first-order chi connectivity index (χ1) is 13.1. The summed E-state index contributed by atoms with van der Waals surface area (Å²) in [7, 11) is 1.82. The largest absolute Gasteiger partial charge is 0.347 e. The van der Waals surface area contributed by atoms with Gasteiger partial charge < -0.3 is 15.2 Å². The van der Waals surface area contributed by atoms with Crippen LogP contribution in [-0.2, 0) is 26.6 Å². The van der Waals surface area contributed by atoms with Crippen molar-refractivity contribution in [1.29, 1.82) is 0 Å². The quantitative estimate of drug-likeness (QED) is 0.703. The number of rotatable bonds is 5. The number of hydrogen-bond donors (Lipinski definition) is 2. The van der Waals surface area contributed by atoms with Crippen LogP contribution in [0.25, 0.3) is 0 Å². The van der Waals surface area contributed by atoms with Crippen molar-refractivity contribution in [2.45, 2.75) is 25.6 Å². The molecule has 2 aromatic heterocycles. The standard InChI is InChI=1S/C19H20N6O2/c1-24-11-17(21-12-24)19(27)22-14-7-15-8-16(23-25(15)10-14)18(26)20-9-13-5-3-2-4-6-13/h2-6,8,11-12,14H,7,9-10H2,1H3,(H,20,26)(H,22,27)/t14-/m0/s1. The van der Waals surface area contributed by atoms with Gasteiger partial charge in [0.2, 0.25) is 0 Å². The van der Waals surface area contributed by atoms with Crippen molar-refractivity contribution in [3.8, 4) is 0 Å². The SMILES string of the molecule is Cn1cnc(C(=O)N[C@H]2Cc3cc(C(=O)NCc4ccccc4)nn3C2)c1. The Kier molecular flexibility index (Phi) is 4.45. The first-order valence-corrected chi connectivity index (χ1v) is 8.76. The molecule has 1 aliphatic heterocycles. The normalized spacial score (nSPS) is 15.4. The average Bonchev–Trinajstić information content (AvgIpc) is 3.35. The summed E-state index contributed by atoms with van der Waals surface area (Å²) < 4.78 is 3.51. The molecule has 0 bridgehead atoms. The maximum absolute atomic E-state index is 12.3. The summed E-state index contributed by atoms with van der Waals surface area (Å²) in [4.78, 5) is 28.6. The van der Waals surface area contributed by atoms with Gasteiger partial charge in [0, 0.05) is 31.9 Å². The highest BCUT2D eigenvalue weighted by molar-refractivity contribution is 5.93. The summed E-state index contributed by atoms with van der Waals surface area (Å²) in [5.41, 5.74) is 2.76. The van der Waals surface area contributed by atoms with E-state index >= 15 is 0 Å². The van der Waals surface area contributed by atoms with Crippen molar-refractivity contribution >= 4 is 11.8 Å². The van der Waals surface area contributed by atoms with Gasteiger partial charge in [-0.2, -0.15) is 5.10 Å². The van der Waals surface area contributed by atoms with Gasteiger partial charge in [-0.15, -0.1) is 0 Å². The molecule has 1 aliphatic rings. The van der Waals surface area contributed by atoms with Crippen LogP contribution in [0.15, 0.2) is 48.9 Å². The van der Waals surface area contributed by atoms with E-state index < -0.39 is 0 Å². The Labute approximate surface area is 156 Å². The van der Waals surface area contributed by atoms with Crippen molar-refractivity contribution in [2.75, 3.05) is 0 Å². The number of hydrogen-bond acceptors (Lipinski definition) is 4. The van der Waals surface area contributed by atoms with Crippen molar-refractivity contribution in [2.24, 2.45) is 7.05 Å². The molecule has 8 heteroatoms. The third-order valence-corrected chi connectivity index (χ3v) is 4.51. The third kappa shape index (κ3) is 3.74. The van der Waals surface area contributed by atoms with Crippen molar-refractivity contribution in [1.82, 2.24) is 30.0 Å². The van der Waals surface area contributed by atoms with Crippen LogP contribution in [-0.4, -0.2) is 37.2 Å². The number of amides is 2. The van der Waals surface area contributed by atoms with Crippen molar-refractivity contribution < 1.29 is 9.59 Å². The molecule has 0 unspecified atom stereocenters. The summed E-state index contributed by atoms with van der Waals surface area (Å²) in [6.07, 6.45) is 3.91. The maximum atomic E-state index is 12.3. The van der Waals surface area contributed by atoms with Crippen LogP contribution < -0.4 is 10.6 Å². The van der Waals surface area contributed by atoms with Gasteiger partial charge in [0.25, 0.3) is 11.8 Å². The van der Waals surface area contributed by atoms with Crippen LogP contribution in [0.1, 0.15) is 32.2 Å². The summed E-state index contributed by atoms with van der Waals surface area (Å²) in [6, 6.07) is 11.5. The lowest BCUT2D eigenvalue weighted by Crippen LogP contribution is -2.36. The second-order valence-corrected chi connectivity index (χ2v) is 6.67. The van der Waals surface area contributed by atoms with Crippen LogP contribution >= 0.6 is 0 Å². The minimum atomic E-state index is -0.202. The molecule has 0 radical (unpaired) electrons. The molecule has 1 aromatic carbocycles. The zero-order valence-corrected chi connectivity index (χ0v) is 14.9. The molecule has 2 N–H and O–H groups in total. The van der Waals surface area contributed by atoms with E-state index in [1.165, 1.54) is 0 Å². The first-order valence-electron chi connectivity index (χ1n) is 8.76. The number of benzene rings is 1. The number of aryl methyl sites for hydroxylation is 1. The van der Waals surface area contributed by atoms with Crippen LogP contribution in [0.2, 0.25) is 0 Å². The summed E-state index contributed by atoms with van der Waals surface area (Å²) in [5.74, 6) is -0.401. The molecular formula is C19H20N6O2. The number of fused-ring (bicyclic) bond motifs is 1. The predicted octanol–water partition coefficient (Wildman–Crippen LogP) is 0.901. The topological polar surface area (TPSA) is 93.8 Å². The van der Waals surface area contributed by atoms with Gasteiger partial charge in [-0.1, -0.05) is 30.3 Å². The Morgan fingerprint density at radius 2 is 2.00 bits per heavy atom. The van der Waals surface area contributed by atoms with Gasteiger partial charge in [0.15, 0.2) is 0 Å². The molecule has 0 fully saturated rings. The highest BCUT2D eigenvalue weighted by Gasteiger charge is 2.27. The number of carbonyl (C=O) groups excluding carboxylic acids is 2. The number of carbonyl (C=O) groups is 2. The highest BCUT2D eigenvalue weighted by atomic mass is 16.2. The van der Waals surface area contributed by atoms with E-state index in [1.54, 1.807) is 27.8 Å². The molecule has 0 saturated carbocycles. The fourth-order valence-electron chi connectivity index (χ4n) is 3.17. The maximum Gasteiger partial charge on any atom is 0.272 e. The lowest BCUT2D eigenvalue weighted by Gasteiger charge is -2.10. The minimum Gasteiger partial charge on any atom is -0.347 e. The Morgan fingerprint density at radius 3 is 2.70 bits per heavy atom. The molecule has 1 atom stereocenters. The molecule has 8 nitrogen and oxygen atoms in total. The molecular weight excluding hydrogens is 344 g/mol. The van der Waals surface area contributed by atoms with Crippen molar-refractivity contribution in [3.05, 3.63) is 71.6 Å². The monoisotopic (exact) mass is 364 g/mol. The summed E-state index contributed by atoms with van der Waals surface area (Å²) in [5, 5.41) is 10.2. The summed E-state index contributed by atoms with van der Waals surface area (Å²) in [6.45, 7) is 1.00. The van der Waals surface area contributed by atoms with Crippen molar-refractivity contribution in [3.63, 3.8) is 0 Å².